The van der Waals surface area contributed by atoms with Crippen molar-refractivity contribution in [1.29, 1.82) is 0 Å². The Morgan fingerprint density at radius 3 is 2.54 bits per heavy atom. The second-order valence-electron chi connectivity index (χ2n) is 2.40. The number of hydrogen-bond acceptors (Lipinski definition) is 3. The molecule has 0 aliphatic carbocycles. The van der Waals surface area contributed by atoms with Crippen molar-refractivity contribution in [2.24, 2.45) is 0 Å². The van der Waals surface area contributed by atoms with Crippen LogP contribution < -0.4 is 5.73 Å². The summed E-state index contributed by atoms with van der Waals surface area (Å²) >= 11 is 0. The molecule has 7 heteroatoms. The maximum Gasteiger partial charge on any atom is 0.435 e. The number of nitrogens with zero attached hydrogens (tertiary/aromatic N) is 2. The lowest BCUT2D eigenvalue weighted by Crippen LogP contribution is -2.10. The highest BCUT2D eigenvalue weighted by atomic mass is 19.4. The van der Waals surface area contributed by atoms with Crippen LogP contribution in [-0.4, -0.2) is 21.5 Å². The fraction of sp³-hybridized carbons (Fsp3) is 0.500. The van der Waals surface area contributed by atoms with Gasteiger partial charge in [-0.2, -0.15) is 18.3 Å². The molecule has 1 aromatic rings. The van der Waals surface area contributed by atoms with Crippen LogP contribution in [0.25, 0.3) is 0 Å². The molecule has 74 valence electrons. The van der Waals surface area contributed by atoms with Crippen LogP contribution in [0.5, 0.6) is 0 Å². The van der Waals surface area contributed by atoms with E-state index in [1.165, 1.54) is 0 Å². The molecule has 0 bridgehead atoms. The Kier molecular flexibility index (Phi) is 2.46. The molecule has 0 fully saturated rings. The van der Waals surface area contributed by atoms with E-state index in [0.717, 1.165) is 10.7 Å². The van der Waals surface area contributed by atoms with E-state index in [4.69, 9.17) is 10.8 Å². The molecule has 0 amide bonds. The lowest BCUT2D eigenvalue weighted by Gasteiger charge is -2.01. The fourth-order valence-electron chi connectivity index (χ4n) is 0.844. The summed E-state index contributed by atoms with van der Waals surface area (Å²) < 4.78 is 37.0. The summed E-state index contributed by atoms with van der Waals surface area (Å²) in [6.45, 7) is -0.342. The summed E-state index contributed by atoms with van der Waals surface area (Å²) in [6.07, 6.45) is -4.49. The quantitative estimate of drug-likeness (QED) is 0.721. The summed E-state index contributed by atoms with van der Waals surface area (Å²) in [6, 6.07) is 0.732. The Bertz CT molecular complexity index is 294. The number of anilines is 1. The van der Waals surface area contributed by atoms with Crippen molar-refractivity contribution in [3.63, 3.8) is 0 Å². The van der Waals surface area contributed by atoms with Crippen LogP contribution in [0, 0.1) is 0 Å². The number of nitrogens with two attached hydrogens (primary N) is 1. The van der Waals surface area contributed by atoms with Gasteiger partial charge in [-0.3, -0.25) is 0 Å². The van der Waals surface area contributed by atoms with Crippen LogP contribution in [0.3, 0.4) is 0 Å². The minimum absolute atomic E-state index is 0.0398. The first kappa shape index (κ1) is 9.85. The van der Waals surface area contributed by atoms with Crippen LogP contribution in [0.1, 0.15) is 5.69 Å². The van der Waals surface area contributed by atoms with E-state index in [1.54, 1.807) is 0 Å². The van der Waals surface area contributed by atoms with Crippen molar-refractivity contribution < 1.29 is 18.3 Å². The molecular formula is C6H8F3N3O. The Balaban J connectivity index is 2.95. The molecule has 1 heterocycles. The molecule has 0 aliphatic heterocycles. The number of alkyl halides is 3. The highest BCUT2D eigenvalue weighted by Gasteiger charge is 2.34. The first-order valence-electron chi connectivity index (χ1n) is 3.46. The van der Waals surface area contributed by atoms with Gasteiger partial charge in [0.05, 0.1) is 13.2 Å². The van der Waals surface area contributed by atoms with Gasteiger partial charge in [-0.1, -0.05) is 0 Å². The number of rotatable bonds is 2. The van der Waals surface area contributed by atoms with E-state index in [0.29, 0.717) is 0 Å². The average Bonchev–Trinajstić information content (AvgIpc) is 2.32. The average molecular weight is 195 g/mol. The molecule has 4 nitrogen and oxygen atoms in total. The van der Waals surface area contributed by atoms with Crippen molar-refractivity contribution in [3.8, 4) is 0 Å². The molecule has 13 heavy (non-hydrogen) atoms. The number of hydrogen-bond donors (Lipinski definition) is 2. The molecule has 0 saturated heterocycles. The summed E-state index contributed by atoms with van der Waals surface area (Å²) in [7, 11) is 0. The monoisotopic (exact) mass is 195 g/mol. The second kappa shape index (κ2) is 3.25. The minimum atomic E-state index is -4.49. The summed E-state index contributed by atoms with van der Waals surface area (Å²) in [5.41, 5.74) is 4.17. The zero-order valence-electron chi connectivity index (χ0n) is 6.54. The van der Waals surface area contributed by atoms with Crippen molar-refractivity contribution in [2.45, 2.75) is 12.7 Å². The molecule has 0 atom stereocenters. The first-order chi connectivity index (χ1) is 5.95. The van der Waals surface area contributed by atoms with Gasteiger partial charge in [-0.25, -0.2) is 4.68 Å². The number of halogens is 3. The molecule has 0 unspecified atom stereocenters. The highest BCUT2D eigenvalue weighted by Crippen LogP contribution is 2.28. The third kappa shape index (κ3) is 2.11. The van der Waals surface area contributed by atoms with Crippen LogP contribution >= 0.6 is 0 Å². The lowest BCUT2D eigenvalue weighted by molar-refractivity contribution is -0.141. The molecule has 0 radical (unpaired) electrons. The summed E-state index contributed by atoms with van der Waals surface area (Å²) in [5, 5.41) is 11.6. The molecule has 0 saturated carbocycles. The Morgan fingerprint density at radius 2 is 2.15 bits per heavy atom. The summed E-state index contributed by atoms with van der Waals surface area (Å²) in [5.74, 6) is -0.110. The number of nitrogen functional groups attached to an aromatic ring is 1. The van der Waals surface area contributed by atoms with Crippen molar-refractivity contribution in [3.05, 3.63) is 11.8 Å². The van der Waals surface area contributed by atoms with Crippen LogP contribution in [0.4, 0.5) is 19.0 Å². The number of aliphatic hydroxyl groups is 1. The van der Waals surface area contributed by atoms with Crippen LogP contribution in [0.2, 0.25) is 0 Å². The van der Waals surface area contributed by atoms with Gasteiger partial charge in [0, 0.05) is 6.07 Å². The third-order valence-corrected chi connectivity index (χ3v) is 1.41. The van der Waals surface area contributed by atoms with Crippen molar-refractivity contribution >= 4 is 5.82 Å². The van der Waals surface area contributed by atoms with Crippen LogP contribution in [-0.2, 0) is 12.7 Å². The zero-order valence-corrected chi connectivity index (χ0v) is 6.54. The Labute approximate surface area is 71.8 Å². The van der Waals surface area contributed by atoms with Gasteiger partial charge in [0.1, 0.15) is 5.82 Å². The molecule has 1 rings (SSSR count). The van der Waals surface area contributed by atoms with Gasteiger partial charge in [-0.15, -0.1) is 0 Å². The van der Waals surface area contributed by atoms with Gasteiger partial charge < -0.3 is 10.8 Å². The van der Waals surface area contributed by atoms with E-state index in [1.807, 2.05) is 0 Å². The maximum atomic E-state index is 12.0. The second-order valence-corrected chi connectivity index (χ2v) is 2.40. The van der Waals surface area contributed by atoms with Gasteiger partial charge in [0.25, 0.3) is 0 Å². The van der Waals surface area contributed by atoms with E-state index in [9.17, 15) is 13.2 Å². The molecule has 0 aromatic carbocycles. The molecule has 3 N–H and O–H groups in total. The molecule has 0 spiro atoms. The van der Waals surface area contributed by atoms with Crippen molar-refractivity contribution in [1.82, 2.24) is 9.78 Å². The first-order valence-corrected chi connectivity index (χ1v) is 3.46. The predicted molar refractivity (Wildman–Crippen MR) is 38.7 cm³/mol. The Morgan fingerprint density at radius 1 is 1.54 bits per heavy atom. The molecule has 1 aromatic heterocycles. The van der Waals surface area contributed by atoms with Gasteiger partial charge in [0.2, 0.25) is 0 Å². The van der Waals surface area contributed by atoms with Gasteiger partial charge >= 0.3 is 6.18 Å². The van der Waals surface area contributed by atoms with Gasteiger partial charge in [0.15, 0.2) is 5.69 Å². The SMILES string of the molecule is Nc1cc(C(F)(F)F)nn1CCO. The normalized spacial score (nSPS) is 12.0. The van der Waals surface area contributed by atoms with Crippen LogP contribution in [0.15, 0.2) is 6.07 Å². The fourth-order valence-corrected chi connectivity index (χ4v) is 0.844. The highest BCUT2D eigenvalue weighted by molar-refractivity contribution is 5.31. The van der Waals surface area contributed by atoms with E-state index in [-0.39, 0.29) is 19.0 Å². The third-order valence-electron chi connectivity index (χ3n) is 1.41. The summed E-state index contributed by atoms with van der Waals surface area (Å²) in [4.78, 5) is 0. The molecular weight excluding hydrogens is 187 g/mol. The molecule has 0 aliphatic rings. The largest absolute Gasteiger partial charge is 0.435 e. The smallest absolute Gasteiger partial charge is 0.394 e. The van der Waals surface area contributed by atoms with E-state index < -0.39 is 11.9 Å². The zero-order chi connectivity index (χ0) is 10.1. The van der Waals surface area contributed by atoms with E-state index >= 15 is 0 Å². The standard InChI is InChI=1S/C6H8F3N3O/c7-6(8,9)4-3-5(10)12(11-4)1-2-13/h3,13H,1-2,10H2. The predicted octanol–water partition coefficient (Wildman–Crippen LogP) is 0.476. The Hall–Kier alpha value is -1.24. The van der Waals surface area contributed by atoms with Crippen molar-refractivity contribution in [2.75, 3.05) is 12.3 Å². The topological polar surface area (TPSA) is 64.1 Å². The lowest BCUT2D eigenvalue weighted by atomic mass is 10.4. The maximum absolute atomic E-state index is 12.0. The number of aromatic nitrogens is 2. The minimum Gasteiger partial charge on any atom is -0.394 e. The van der Waals surface area contributed by atoms with Gasteiger partial charge in [-0.05, 0) is 0 Å². The van der Waals surface area contributed by atoms with E-state index in [2.05, 4.69) is 5.10 Å². The number of aliphatic hydroxyl groups excluding tert-OH is 1.